The average molecular weight is 265 g/mol. The van der Waals surface area contributed by atoms with Crippen molar-refractivity contribution in [2.45, 2.75) is 12.8 Å². The molecule has 0 aliphatic heterocycles. The lowest BCUT2D eigenvalue weighted by Crippen LogP contribution is -2.08. The van der Waals surface area contributed by atoms with Gasteiger partial charge in [0.1, 0.15) is 0 Å². The Morgan fingerprint density at radius 3 is 2.44 bits per heavy atom. The van der Waals surface area contributed by atoms with E-state index in [1.54, 1.807) is 12.1 Å². The SMILES string of the molecule is COS(=O)(=O)OCCCc1ccc(Cl)cc1. The summed E-state index contributed by atoms with van der Waals surface area (Å²) in [5.41, 5.74) is 1.09. The molecular formula is C10H13ClO4S. The zero-order valence-electron chi connectivity index (χ0n) is 8.85. The minimum atomic E-state index is -3.80. The van der Waals surface area contributed by atoms with Crippen LogP contribution in [0, 0.1) is 0 Å². The Hall–Kier alpha value is -0.620. The summed E-state index contributed by atoms with van der Waals surface area (Å²) in [5.74, 6) is 0. The summed E-state index contributed by atoms with van der Waals surface area (Å²) in [4.78, 5) is 0. The van der Waals surface area contributed by atoms with E-state index >= 15 is 0 Å². The second-order valence-corrected chi connectivity index (χ2v) is 4.95. The molecule has 0 heterocycles. The Bertz CT molecular complexity index is 413. The molecule has 0 N–H and O–H groups in total. The zero-order valence-corrected chi connectivity index (χ0v) is 10.4. The van der Waals surface area contributed by atoms with Crippen molar-refractivity contribution in [1.82, 2.24) is 0 Å². The second-order valence-electron chi connectivity index (χ2n) is 3.13. The molecular weight excluding hydrogens is 252 g/mol. The molecule has 6 heteroatoms. The quantitative estimate of drug-likeness (QED) is 0.739. The van der Waals surface area contributed by atoms with Crippen molar-refractivity contribution in [3.8, 4) is 0 Å². The molecule has 4 nitrogen and oxygen atoms in total. The van der Waals surface area contributed by atoms with Gasteiger partial charge < -0.3 is 0 Å². The third-order valence-corrected chi connectivity index (χ3v) is 3.07. The van der Waals surface area contributed by atoms with Gasteiger partial charge in [-0.05, 0) is 30.5 Å². The van der Waals surface area contributed by atoms with Crippen LogP contribution in [0.3, 0.4) is 0 Å². The molecule has 0 bridgehead atoms. The normalized spacial score (nSPS) is 11.6. The van der Waals surface area contributed by atoms with Crippen LogP contribution in [0.2, 0.25) is 5.02 Å². The van der Waals surface area contributed by atoms with Gasteiger partial charge in [0, 0.05) is 5.02 Å². The Morgan fingerprint density at radius 2 is 1.88 bits per heavy atom. The summed E-state index contributed by atoms with van der Waals surface area (Å²) >= 11 is 5.73. The van der Waals surface area contributed by atoms with Gasteiger partial charge in [-0.3, -0.25) is 4.18 Å². The smallest absolute Gasteiger partial charge is 0.252 e. The minimum absolute atomic E-state index is 0.110. The molecule has 1 aromatic carbocycles. The number of benzene rings is 1. The summed E-state index contributed by atoms with van der Waals surface area (Å²) in [6, 6.07) is 7.38. The summed E-state index contributed by atoms with van der Waals surface area (Å²) in [6.07, 6.45) is 1.33. The number of rotatable bonds is 6. The Morgan fingerprint density at radius 1 is 1.25 bits per heavy atom. The lowest BCUT2D eigenvalue weighted by atomic mass is 10.1. The van der Waals surface area contributed by atoms with Gasteiger partial charge in [0.05, 0.1) is 13.7 Å². The standard InChI is InChI=1S/C10H13ClO4S/c1-14-16(12,13)15-8-2-3-9-4-6-10(11)7-5-9/h4-7H,2-3,8H2,1H3. The van der Waals surface area contributed by atoms with Crippen LogP contribution in [-0.2, 0) is 25.2 Å². The minimum Gasteiger partial charge on any atom is -0.252 e. The summed E-state index contributed by atoms with van der Waals surface area (Å²) in [6.45, 7) is 0.110. The van der Waals surface area contributed by atoms with Crippen LogP contribution >= 0.6 is 11.6 Å². The maximum Gasteiger partial charge on any atom is 0.399 e. The van der Waals surface area contributed by atoms with Crippen molar-refractivity contribution in [3.63, 3.8) is 0 Å². The van der Waals surface area contributed by atoms with Crippen molar-refractivity contribution < 1.29 is 16.8 Å². The van der Waals surface area contributed by atoms with Crippen molar-refractivity contribution in [3.05, 3.63) is 34.9 Å². The fourth-order valence-corrected chi connectivity index (χ4v) is 1.68. The van der Waals surface area contributed by atoms with E-state index in [-0.39, 0.29) is 6.61 Å². The molecule has 16 heavy (non-hydrogen) atoms. The van der Waals surface area contributed by atoms with E-state index < -0.39 is 10.4 Å². The number of hydrogen-bond donors (Lipinski definition) is 0. The zero-order chi connectivity index (χ0) is 12.0. The Kier molecular flexibility index (Phi) is 5.21. The van der Waals surface area contributed by atoms with Gasteiger partial charge in [0.25, 0.3) is 0 Å². The van der Waals surface area contributed by atoms with E-state index in [4.69, 9.17) is 11.6 Å². The second kappa shape index (κ2) is 6.20. The van der Waals surface area contributed by atoms with Gasteiger partial charge in [-0.15, -0.1) is 0 Å². The first-order valence-corrected chi connectivity index (χ1v) is 6.44. The van der Waals surface area contributed by atoms with Crippen LogP contribution in [0.25, 0.3) is 0 Å². The molecule has 1 rings (SSSR count). The highest BCUT2D eigenvalue weighted by atomic mass is 35.5. The first-order chi connectivity index (χ1) is 7.53. The van der Waals surface area contributed by atoms with Crippen LogP contribution in [0.1, 0.15) is 12.0 Å². The molecule has 0 amide bonds. The van der Waals surface area contributed by atoms with Crippen LogP contribution in [0.5, 0.6) is 0 Å². The average Bonchev–Trinajstić information content (AvgIpc) is 2.27. The predicted octanol–water partition coefficient (Wildman–Crippen LogP) is 2.18. The lowest BCUT2D eigenvalue weighted by molar-refractivity contribution is 0.241. The fraction of sp³-hybridized carbons (Fsp3) is 0.400. The van der Waals surface area contributed by atoms with Crippen molar-refractivity contribution in [2.75, 3.05) is 13.7 Å². The molecule has 0 fully saturated rings. The van der Waals surface area contributed by atoms with E-state index in [9.17, 15) is 8.42 Å². The maximum absolute atomic E-state index is 10.8. The molecule has 1 aromatic rings. The molecule has 0 atom stereocenters. The largest absolute Gasteiger partial charge is 0.399 e. The van der Waals surface area contributed by atoms with Gasteiger partial charge in [-0.25, -0.2) is 4.18 Å². The van der Waals surface area contributed by atoms with E-state index in [0.29, 0.717) is 11.4 Å². The van der Waals surface area contributed by atoms with Crippen molar-refractivity contribution in [2.24, 2.45) is 0 Å². The molecule has 0 unspecified atom stereocenters. The molecule has 0 aromatic heterocycles. The Labute approximate surface area is 100 Å². The molecule has 90 valence electrons. The summed E-state index contributed by atoms with van der Waals surface area (Å²) in [5, 5.41) is 0.682. The van der Waals surface area contributed by atoms with E-state index in [1.165, 1.54) is 0 Å². The molecule has 0 spiro atoms. The fourth-order valence-electron chi connectivity index (χ4n) is 1.14. The third kappa shape index (κ3) is 4.94. The molecule has 0 aliphatic carbocycles. The lowest BCUT2D eigenvalue weighted by Gasteiger charge is -2.03. The van der Waals surface area contributed by atoms with Crippen molar-refractivity contribution in [1.29, 1.82) is 0 Å². The molecule has 0 radical (unpaired) electrons. The molecule has 0 saturated heterocycles. The molecule has 0 saturated carbocycles. The van der Waals surface area contributed by atoms with Gasteiger partial charge in [-0.1, -0.05) is 23.7 Å². The Balaban J connectivity index is 2.29. The summed E-state index contributed by atoms with van der Waals surface area (Å²) in [7, 11) is -2.74. The molecule has 0 aliphatic rings. The highest BCUT2D eigenvalue weighted by molar-refractivity contribution is 7.81. The van der Waals surface area contributed by atoms with Crippen LogP contribution < -0.4 is 0 Å². The van der Waals surface area contributed by atoms with Crippen LogP contribution in [0.15, 0.2) is 24.3 Å². The first kappa shape index (κ1) is 13.4. The van der Waals surface area contributed by atoms with E-state index in [1.807, 2.05) is 12.1 Å². The predicted molar refractivity (Wildman–Crippen MR) is 61.7 cm³/mol. The topological polar surface area (TPSA) is 52.6 Å². The number of aryl methyl sites for hydroxylation is 1. The van der Waals surface area contributed by atoms with Gasteiger partial charge in [-0.2, -0.15) is 8.42 Å². The van der Waals surface area contributed by atoms with Crippen LogP contribution in [-0.4, -0.2) is 22.1 Å². The monoisotopic (exact) mass is 264 g/mol. The van der Waals surface area contributed by atoms with E-state index in [0.717, 1.165) is 19.1 Å². The van der Waals surface area contributed by atoms with Crippen LogP contribution in [0.4, 0.5) is 0 Å². The van der Waals surface area contributed by atoms with Gasteiger partial charge in [0.15, 0.2) is 0 Å². The third-order valence-electron chi connectivity index (χ3n) is 1.95. The highest BCUT2D eigenvalue weighted by Crippen LogP contribution is 2.11. The highest BCUT2D eigenvalue weighted by Gasteiger charge is 2.07. The summed E-state index contributed by atoms with van der Waals surface area (Å²) < 4.78 is 30.3. The van der Waals surface area contributed by atoms with E-state index in [2.05, 4.69) is 8.37 Å². The first-order valence-electron chi connectivity index (χ1n) is 4.73. The maximum atomic E-state index is 10.8. The number of halogens is 1. The van der Waals surface area contributed by atoms with Crippen molar-refractivity contribution >= 4 is 22.0 Å². The van der Waals surface area contributed by atoms with Gasteiger partial charge in [0.2, 0.25) is 0 Å². The number of hydrogen-bond acceptors (Lipinski definition) is 4. The van der Waals surface area contributed by atoms with Gasteiger partial charge >= 0.3 is 10.4 Å².